The quantitative estimate of drug-likeness (QED) is 0.357. The number of halogens is 1. The smallest absolute Gasteiger partial charge is 0.274 e. The van der Waals surface area contributed by atoms with Crippen LogP contribution in [0.5, 0.6) is 0 Å². The molecule has 0 radical (unpaired) electrons. The third-order valence-corrected chi connectivity index (χ3v) is 6.30. The van der Waals surface area contributed by atoms with Crippen LogP contribution in [0.3, 0.4) is 0 Å². The van der Waals surface area contributed by atoms with Crippen LogP contribution in [0.15, 0.2) is 77.4 Å². The van der Waals surface area contributed by atoms with Crippen LogP contribution in [0.4, 0.5) is 10.1 Å². The summed E-state index contributed by atoms with van der Waals surface area (Å²) in [5.41, 5.74) is 2.19. The standard InChI is InChI=1S/C27H23FN6O2/c28-20-13-12-18(26-31-30-25-11-5-2-6-14-33(25)26)16-21(20)29-27(35)23-17-22(24-10-7-15-36-24)32-34(23)19-8-3-1-4-9-19/h1,3-4,7-10,12-13,15-17H,2,5-6,11,14H2,(H,29,35). The molecule has 6 rings (SSSR count). The van der Waals surface area contributed by atoms with E-state index in [0.29, 0.717) is 28.5 Å². The lowest BCUT2D eigenvalue weighted by Crippen LogP contribution is -2.17. The van der Waals surface area contributed by atoms with Gasteiger partial charge in [0.1, 0.15) is 23.0 Å². The molecule has 1 aliphatic rings. The van der Waals surface area contributed by atoms with Crippen molar-refractivity contribution >= 4 is 11.6 Å². The number of aryl methyl sites for hydroxylation is 1. The summed E-state index contributed by atoms with van der Waals surface area (Å²) in [4.78, 5) is 13.4. The van der Waals surface area contributed by atoms with E-state index in [1.54, 1.807) is 36.6 Å². The Bertz CT molecular complexity index is 1520. The molecule has 0 bridgehead atoms. The first kappa shape index (κ1) is 22.0. The van der Waals surface area contributed by atoms with Gasteiger partial charge in [-0.3, -0.25) is 4.79 Å². The largest absolute Gasteiger partial charge is 0.463 e. The lowest BCUT2D eigenvalue weighted by Gasteiger charge is -2.11. The van der Waals surface area contributed by atoms with Crippen LogP contribution >= 0.6 is 0 Å². The van der Waals surface area contributed by atoms with Crippen molar-refractivity contribution in [3.63, 3.8) is 0 Å². The molecule has 0 saturated heterocycles. The van der Waals surface area contributed by atoms with Gasteiger partial charge in [-0.25, -0.2) is 9.07 Å². The van der Waals surface area contributed by atoms with Crippen LogP contribution in [-0.2, 0) is 13.0 Å². The average Bonchev–Trinajstić information content (AvgIpc) is 3.63. The predicted molar refractivity (Wildman–Crippen MR) is 132 cm³/mol. The monoisotopic (exact) mass is 482 g/mol. The number of hydrogen-bond acceptors (Lipinski definition) is 5. The van der Waals surface area contributed by atoms with Crippen molar-refractivity contribution in [1.82, 2.24) is 24.5 Å². The van der Waals surface area contributed by atoms with Gasteiger partial charge in [-0.2, -0.15) is 5.10 Å². The molecule has 180 valence electrons. The average molecular weight is 483 g/mol. The minimum Gasteiger partial charge on any atom is -0.463 e. The number of carbonyl (C=O) groups excluding carboxylic acids is 1. The fourth-order valence-corrected chi connectivity index (χ4v) is 4.50. The number of aromatic nitrogens is 5. The second-order valence-corrected chi connectivity index (χ2v) is 8.69. The van der Waals surface area contributed by atoms with E-state index in [9.17, 15) is 9.18 Å². The van der Waals surface area contributed by atoms with Gasteiger partial charge in [-0.1, -0.05) is 24.6 Å². The number of carbonyl (C=O) groups is 1. The molecule has 1 N–H and O–H groups in total. The molecule has 0 atom stereocenters. The van der Waals surface area contributed by atoms with Gasteiger partial charge in [-0.05, 0) is 55.3 Å². The van der Waals surface area contributed by atoms with Crippen LogP contribution in [0.25, 0.3) is 28.5 Å². The Kier molecular flexibility index (Phi) is 5.65. The van der Waals surface area contributed by atoms with Crippen molar-refractivity contribution in [2.24, 2.45) is 0 Å². The maximum Gasteiger partial charge on any atom is 0.274 e. The van der Waals surface area contributed by atoms with Gasteiger partial charge >= 0.3 is 0 Å². The first-order chi connectivity index (χ1) is 17.7. The summed E-state index contributed by atoms with van der Waals surface area (Å²) in [7, 11) is 0. The van der Waals surface area contributed by atoms with Crippen LogP contribution in [0.2, 0.25) is 0 Å². The number of fused-ring (bicyclic) bond motifs is 1. The number of benzene rings is 2. The molecule has 8 nitrogen and oxygen atoms in total. The lowest BCUT2D eigenvalue weighted by molar-refractivity contribution is 0.101. The molecule has 0 unspecified atom stereocenters. The summed E-state index contributed by atoms with van der Waals surface area (Å²) < 4.78 is 23.9. The highest BCUT2D eigenvalue weighted by Crippen LogP contribution is 2.28. The zero-order valence-corrected chi connectivity index (χ0v) is 19.4. The molecule has 3 aromatic heterocycles. The maximum atomic E-state index is 14.8. The SMILES string of the molecule is O=C(Nc1cc(-c2nnc3n2CCCCC3)ccc1F)c1cc(-c2ccco2)nn1-c1ccccc1. The van der Waals surface area contributed by atoms with E-state index in [4.69, 9.17) is 4.42 Å². The Morgan fingerprint density at radius 1 is 0.972 bits per heavy atom. The molecule has 36 heavy (non-hydrogen) atoms. The minimum atomic E-state index is -0.542. The molecular weight excluding hydrogens is 459 g/mol. The van der Waals surface area contributed by atoms with Crippen LogP contribution in [0.1, 0.15) is 35.6 Å². The van der Waals surface area contributed by atoms with E-state index in [-0.39, 0.29) is 11.4 Å². The third-order valence-electron chi connectivity index (χ3n) is 6.30. The van der Waals surface area contributed by atoms with E-state index >= 15 is 0 Å². The minimum absolute atomic E-state index is 0.0591. The molecule has 1 amide bonds. The molecule has 0 fully saturated rings. The molecular formula is C27H23FN6O2. The van der Waals surface area contributed by atoms with E-state index in [0.717, 1.165) is 38.1 Å². The van der Waals surface area contributed by atoms with Gasteiger partial charge in [0.25, 0.3) is 5.91 Å². The topological polar surface area (TPSA) is 90.8 Å². The third kappa shape index (κ3) is 4.08. The summed E-state index contributed by atoms with van der Waals surface area (Å²) in [6.07, 6.45) is 5.69. The van der Waals surface area contributed by atoms with Gasteiger partial charge in [0.15, 0.2) is 11.6 Å². The second kappa shape index (κ2) is 9.26. The fourth-order valence-electron chi connectivity index (χ4n) is 4.50. The Balaban J connectivity index is 1.35. The van der Waals surface area contributed by atoms with E-state index < -0.39 is 11.7 Å². The summed E-state index contributed by atoms with van der Waals surface area (Å²) in [5, 5.41) is 16.0. The number of hydrogen-bond donors (Lipinski definition) is 1. The first-order valence-electron chi connectivity index (χ1n) is 11.9. The van der Waals surface area contributed by atoms with Crippen LogP contribution < -0.4 is 5.32 Å². The predicted octanol–water partition coefficient (Wildman–Crippen LogP) is 5.51. The Morgan fingerprint density at radius 2 is 1.86 bits per heavy atom. The highest BCUT2D eigenvalue weighted by atomic mass is 19.1. The fraction of sp³-hybridized carbons (Fsp3) is 0.185. The summed E-state index contributed by atoms with van der Waals surface area (Å²) >= 11 is 0. The number of amides is 1. The van der Waals surface area contributed by atoms with Crippen molar-refractivity contribution in [1.29, 1.82) is 0 Å². The maximum absolute atomic E-state index is 14.8. The van der Waals surface area contributed by atoms with Crippen LogP contribution in [0, 0.1) is 5.82 Å². The second-order valence-electron chi connectivity index (χ2n) is 8.69. The van der Waals surface area contributed by atoms with E-state index in [2.05, 4.69) is 25.2 Å². The molecule has 0 spiro atoms. The molecule has 0 aliphatic carbocycles. The highest BCUT2D eigenvalue weighted by Gasteiger charge is 2.21. The summed E-state index contributed by atoms with van der Waals surface area (Å²) in [6, 6.07) is 19.0. The number of anilines is 1. The Morgan fingerprint density at radius 3 is 2.69 bits per heavy atom. The summed E-state index contributed by atoms with van der Waals surface area (Å²) in [6.45, 7) is 0.822. The van der Waals surface area contributed by atoms with Crippen molar-refractivity contribution < 1.29 is 13.6 Å². The summed E-state index contributed by atoms with van der Waals surface area (Å²) in [5.74, 6) is 1.10. The zero-order chi connectivity index (χ0) is 24.5. The molecule has 1 aliphatic heterocycles. The number of rotatable bonds is 5. The molecule has 5 aromatic rings. The number of furan rings is 1. The zero-order valence-electron chi connectivity index (χ0n) is 19.4. The Hall–Kier alpha value is -4.53. The van der Waals surface area contributed by atoms with Gasteiger partial charge in [0, 0.05) is 24.6 Å². The first-order valence-corrected chi connectivity index (χ1v) is 11.9. The number of nitrogens with one attached hydrogen (secondary N) is 1. The molecule has 9 heteroatoms. The van der Waals surface area contributed by atoms with Crippen molar-refractivity contribution in [3.8, 4) is 28.5 Å². The highest BCUT2D eigenvalue weighted by molar-refractivity contribution is 6.04. The number of para-hydroxylation sites is 1. The normalized spacial score (nSPS) is 13.2. The van der Waals surface area contributed by atoms with Gasteiger partial charge < -0.3 is 14.3 Å². The lowest BCUT2D eigenvalue weighted by atomic mass is 10.1. The van der Waals surface area contributed by atoms with Gasteiger partial charge in [0.05, 0.1) is 17.6 Å². The van der Waals surface area contributed by atoms with Crippen molar-refractivity contribution in [2.45, 2.75) is 32.2 Å². The molecule has 0 saturated carbocycles. The molecule has 2 aromatic carbocycles. The van der Waals surface area contributed by atoms with Gasteiger partial charge in [0.2, 0.25) is 0 Å². The van der Waals surface area contributed by atoms with Crippen molar-refractivity contribution in [2.75, 3.05) is 5.32 Å². The van der Waals surface area contributed by atoms with Gasteiger partial charge in [-0.15, -0.1) is 10.2 Å². The van der Waals surface area contributed by atoms with E-state index in [1.165, 1.54) is 10.7 Å². The van der Waals surface area contributed by atoms with Crippen molar-refractivity contribution in [3.05, 3.63) is 90.3 Å². The van der Waals surface area contributed by atoms with E-state index in [1.807, 2.05) is 30.3 Å². The number of nitrogens with zero attached hydrogens (tertiary/aromatic N) is 5. The molecule has 4 heterocycles. The van der Waals surface area contributed by atoms with Crippen LogP contribution in [-0.4, -0.2) is 30.5 Å². The Labute approximate surface area is 206 Å².